The van der Waals surface area contributed by atoms with Gasteiger partial charge in [0.2, 0.25) is 5.91 Å². The van der Waals surface area contributed by atoms with Gasteiger partial charge in [-0.25, -0.2) is 0 Å². The number of thioether (sulfide) groups is 1. The smallest absolute Gasteiger partial charge is 0.234 e. The van der Waals surface area contributed by atoms with Crippen LogP contribution in [0.2, 0.25) is 0 Å². The summed E-state index contributed by atoms with van der Waals surface area (Å²) in [6, 6.07) is 13.0. The molecule has 1 aromatic heterocycles. The Bertz CT molecular complexity index is 968. The molecule has 0 fully saturated rings. The quantitative estimate of drug-likeness (QED) is 0.630. The number of hydrogen-bond acceptors (Lipinski definition) is 5. The summed E-state index contributed by atoms with van der Waals surface area (Å²) in [4.78, 5) is 12.4. The predicted molar refractivity (Wildman–Crippen MR) is 108 cm³/mol. The summed E-state index contributed by atoms with van der Waals surface area (Å²) in [5, 5.41) is 22.1. The average molecular weight is 382 g/mol. The van der Waals surface area contributed by atoms with Gasteiger partial charge < -0.3 is 15.0 Å². The Morgan fingerprint density at radius 3 is 2.70 bits per heavy atom. The molecule has 0 bridgehead atoms. The van der Waals surface area contributed by atoms with Gasteiger partial charge >= 0.3 is 0 Å². The van der Waals surface area contributed by atoms with Gasteiger partial charge in [0.05, 0.1) is 11.3 Å². The molecule has 1 heterocycles. The zero-order valence-corrected chi connectivity index (χ0v) is 16.4. The fraction of sp³-hybridized carbons (Fsp3) is 0.250. The van der Waals surface area contributed by atoms with Crippen molar-refractivity contribution in [1.29, 1.82) is 0 Å². The van der Waals surface area contributed by atoms with Crippen LogP contribution in [0.25, 0.3) is 11.4 Å². The van der Waals surface area contributed by atoms with E-state index in [0.717, 1.165) is 16.8 Å². The monoisotopic (exact) mass is 382 g/mol. The van der Waals surface area contributed by atoms with Gasteiger partial charge in [-0.15, -0.1) is 10.2 Å². The minimum absolute atomic E-state index is 0.0940. The van der Waals surface area contributed by atoms with Crippen molar-refractivity contribution in [3.05, 3.63) is 53.6 Å². The number of phenols is 1. The topological polar surface area (TPSA) is 80.0 Å². The van der Waals surface area contributed by atoms with Crippen molar-refractivity contribution in [2.45, 2.75) is 32.5 Å². The van der Waals surface area contributed by atoms with E-state index in [2.05, 4.69) is 15.5 Å². The molecule has 0 atom stereocenters. The number of para-hydroxylation sites is 1. The standard InChI is InChI=1S/C20H22N4O2S/c1-4-24-19(15-7-5-6-8-17(15)25)22-23-20(24)27-12-18(26)21-16-11-13(2)9-10-14(16)3/h5-11,25H,4,12H2,1-3H3,(H,21,26). The Kier molecular flexibility index (Phi) is 5.81. The van der Waals surface area contributed by atoms with E-state index in [9.17, 15) is 9.90 Å². The van der Waals surface area contributed by atoms with Crippen LogP contribution in [0.4, 0.5) is 5.69 Å². The van der Waals surface area contributed by atoms with Gasteiger partial charge in [-0.2, -0.15) is 0 Å². The van der Waals surface area contributed by atoms with Gasteiger partial charge in [-0.05, 0) is 50.1 Å². The number of nitrogens with zero attached hydrogens (tertiary/aromatic N) is 3. The summed E-state index contributed by atoms with van der Waals surface area (Å²) in [6.45, 7) is 6.58. The number of hydrogen-bond donors (Lipinski definition) is 2. The van der Waals surface area contributed by atoms with E-state index in [-0.39, 0.29) is 17.4 Å². The number of anilines is 1. The van der Waals surface area contributed by atoms with Crippen molar-refractivity contribution < 1.29 is 9.90 Å². The van der Waals surface area contributed by atoms with Crippen LogP contribution in [0.15, 0.2) is 47.6 Å². The molecule has 3 rings (SSSR count). The Labute approximate surface area is 162 Å². The molecule has 7 heteroatoms. The third-order valence-corrected chi connectivity index (χ3v) is 5.14. The Balaban J connectivity index is 1.72. The zero-order valence-electron chi connectivity index (χ0n) is 15.6. The summed E-state index contributed by atoms with van der Waals surface area (Å²) in [5.41, 5.74) is 3.57. The summed E-state index contributed by atoms with van der Waals surface area (Å²) < 4.78 is 1.89. The molecule has 6 nitrogen and oxygen atoms in total. The second-order valence-electron chi connectivity index (χ2n) is 6.22. The number of carbonyl (C=O) groups is 1. The number of carbonyl (C=O) groups excluding carboxylic acids is 1. The maximum absolute atomic E-state index is 12.4. The van der Waals surface area contributed by atoms with Gasteiger partial charge in [-0.1, -0.05) is 36.0 Å². The van der Waals surface area contributed by atoms with Crippen molar-refractivity contribution >= 4 is 23.4 Å². The van der Waals surface area contributed by atoms with Gasteiger partial charge in [-0.3, -0.25) is 4.79 Å². The minimum Gasteiger partial charge on any atom is -0.507 e. The molecule has 0 aliphatic heterocycles. The largest absolute Gasteiger partial charge is 0.507 e. The van der Waals surface area contributed by atoms with Crippen LogP contribution in [-0.4, -0.2) is 31.5 Å². The van der Waals surface area contributed by atoms with Crippen molar-refractivity contribution in [2.75, 3.05) is 11.1 Å². The zero-order chi connectivity index (χ0) is 19.4. The van der Waals surface area contributed by atoms with Crippen LogP contribution in [0.5, 0.6) is 5.75 Å². The van der Waals surface area contributed by atoms with Crippen LogP contribution in [0, 0.1) is 13.8 Å². The van der Waals surface area contributed by atoms with Gasteiger partial charge in [0.1, 0.15) is 5.75 Å². The third-order valence-electron chi connectivity index (χ3n) is 4.18. The first kappa shape index (κ1) is 19.0. The molecule has 1 amide bonds. The van der Waals surface area contributed by atoms with Crippen molar-refractivity contribution in [3.63, 3.8) is 0 Å². The Hall–Kier alpha value is -2.80. The number of amides is 1. The van der Waals surface area contributed by atoms with Gasteiger partial charge in [0.15, 0.2) is 11.0 Å². The van der Waals surface area contributed by atoms with Crippen LogP contribution >= 0.6 is 11.8 Å². The molecule has 27 heavy (non-hydrogen) atoms. The SMILES string of the molecule is CCn1c(SCC(=O)Nc2cc(C)ccc2C)nnc1-c1ccccc1O. The number of benzene rings is 2. The molecule has 0 saturated carbocycles. The number of rotatable bonds is 6. The normalized spacial score (nSPS) is 10.8. The lowest BCUT2D eigenvalue weighted by Gasteiger charge is -2.10. The molecule has 2 aromatic carbocycles. The molecule has 0 aliphatic carbocycles. The molecule has 0 unspecified atom stereocenters. The number of aromatic hydroxyl groups is 1. The van der Waals surface area contributed by atoms with E-state index in [1.54, 1.807) is 18.2 Å². The lowest BCUT2D eigenvalue weighted by Crippen LogP contribution is -2.15. The van der Waals surface area contributed by atoms with E-state index >= 15 is 0 Å². The second-order valence-corrected chi connectivity index (χ2v) is 7.17. The molecule has 0 aliphatic rings. The molecule has 0 spiro atoms. The maximum atomic E-state index is 12.4. The minimum atomic E-state index is -0.0940. The summed E-state index contributed by atoms with van der Waals surface area (Å²) in [7, 11) is 0. The first-order chi connectivity index (χ1) is 13.0. The van der Waals surface area contributed by atoms with E-state index < -0.39 is 0 Å². The maximum Gasteiger partial charge on any atom is 0.234 e. The lowest BCUT2D eigenvalue weighted by atomic mass is 10.1. The van der Waals surface area contributed by atoms with Crippen molar-refractivity contribution in [2.24, 2.45) is 0 Å². The van der Waals surface area contributed by atoms with E-state index in [1.165, 1.54) is 11.8 Å². The lowest BCUT2D eigenvalue weighted by molar-refractivity contribution is -0.113. The van der Waals surface area contributed by atoms with Crippen molar-refractivity contribution in [1.82, 2.24) is 14.8 Å². The van der Waals surface area contributed by atoms with Gasteiger partial charge in [0.25, 0.3) is 0 Å². The predicted octanol–water partition coefficient (Wildman–Crippen LogP) is 4.02. The first-order valence-electron chi connectivity index (χ1n) is 8.71. The number of aryl methyl sites for hydroxylation is 2. The summed E-state index contributed by atoms with van der Waals surface area (Å²) in [6.07, 6.45) is 0. The summed E-state index contributed by atoms with van der Waals surface area (Å²) in [5.74, 6) is 0.882. The number of nitrogens with one attached hydrogen (secondary N) is 1. The molecule has 0 saturated heterocycles. The van der Waals surface area contributed by atoms with Crippen LogP contribution in [0.1, 0.15) is 18.1 Å². The third kappa shape index (κ3) is 4.31. The number of aromatic nitrogens is 3. The molecule has 3 aromatic rings. The van der Waals surface area contributed by atoms with E-state index in [4.69, 9.17) is 0 Å². The highest BCUT2D eigenvalue weighted by Crippen LogP contribution is 2.30. The van der Waals surface area contributed by atoms with Gasteiger partial charge in [0, 0.05) is 12.2 Å². The molecular formula is C20H22N4O2S. The molecule has 2 N–H and O–H groups in total. The highest BCUT2D eigenvalue weighted by molar-refractivity contribution is 7.99. The molecule has 0 radical (unpaired) electrons. The van der Waals surface area contributed by atoms with Crippen LogP contribution in [-0.2, 0) is 11.3 Å². The van der Waals surface area contributed by atoms with Crippen molar-refractivity contribution in [3.8, 4) is 17.1 Å². The van der Waals surface area contributed by atoms with Crippen LogP contribution in [0.3, 0.4) is 0 Å². The van der Waals surface area contributed by atoms with Crippen LogP contribution < -0.4 is 5.32 Å². The Morgan fingerprint density at radius 2 is 1.96 bits per heavy atom. The first-order valence-corrected chi connectivity index (χ1v) is 9.69. The van der Waals surface area contributed by atoms with E-state index in [0.29, 0.717) is 23.1 Å². The van der Waals surface area contributed by atoms with E-state index in [1.807, 2.05) is 49.6 Å². The molecular weight excluding hydrogens is 360 g/mol. The fourth-order valence-electron chi connectivity index (χ4n) is 2.73. The number of phenolic OH excluding ortho intramolecular Hbond substituents is 1. The average Bonchev–Trinajstić information content (AvgIpc) is 3.06. The molecule has 140 valence electrons. The second kappa shape index (κ2) is 8.26. The highest BCUT2D eigenvalue weighted by Gasteiger charge is 2.17. The highest BCUT2D eigenvalue weighted by atomic mass is 32.2. The summed E-state index contributed by atoms with van der Waals surface area (Å²) >= 11 is 1.33. The Morgan fingerprint density at radius 1 is 1.19 bits per heavy atom. The fourth-order valence-corrected chi connectivity index (χ4v) is 3.53.